The van der Waals surface area contributed by atoms with Crippen molar-refractivity contribution in [3.8, 4) is 0 Å². The molecule has 2 heterocycles. The lowest BCUT2D eigenvalue weighted by Crippen LogP contribution is -2.34. The van der Waals surface area contributed by atoms with Crippen molar-refractivity contribution in [2.24, 2.45) is 4.99 Å². The number of benzene rings is 3. The SMILES string of the molecule is CN1CCN=C(c2ccccc2)C2=C1C(=O)N(c1ccccc1)C2c1ccccc1. The number of para-hydroxylation sites is 1. The van der Waals surface area contributed by atoms with E-state index in [2.05, 4.69) is 29.2 Å². The van der Waals surface area contributed by atoms with E-state index in [4.69, 9.17) is 4.99 Å². The number of hydrogen-bond acceptors (Lipinski definition) is 3. The smallest absolute Gasteiger partial charge is 0.275 e. The van der Waals surface area contributed by atoms with E-state index in [1.807, 2.05) is 78.7 Å². The third-order valence-electron chi connectivity index (χ3n) is 5.75. The maximum absolute atomic E-state index is 13.8. The minimum Gasteiger partial charge on any atom is -0.368 e. The standard InChI is InChI=1S/C26H23N3O/c1-28-18-17-27-23(19-11-5-2-6-12-19)22-24(20-13-7-3-8-14-20)29(26(30)25(22)28)21-15-9-4-10-16-21/h2-16,24H,17-18H2,1H3. The van der Waals surface area contributed by atoms with Gasteiger partial charge in [-0.2, -0.15) is 0 Å². The highest BCUT2D eigenvalue weighted by Crippen LogP contribution is 2.44. The fourth-order valence-corrected chi connectivity index (χ4v) is 4.37. The van der Waals surface area contributed by atoms with E-state index in [1.165, 1.54) is 0 Å². The van der Waals surface area contributed by atoms with Gasteiger partial charge >= 0.3 is 0 Å². The minimum absolute atomic E-state index is 0.0260. The number of hydrogen-bond donors (Lipinski definition) is 0. The van der Waals surface area contributed by atoms with Crippen LogP contribution < -0.4 is 4.90 Å². The third-order valence-corrected chi connectivity index (χ3v) is 5.75. The van der Waals surface area contributed by atoms with Gasteiger partial charge in [-0.3, -0.25) is 14.7 Å². The molecule has 148 valence electrons. The summed E-state index contributed by atoms with van der Waals surface area (Å²) in [6, 6.07) is 30.2. The molecule has 30 heavy (non-hydrogen) atoms. The number of rotatable bonds is 3. The lowest BCUT2D eigenvalue weighted by atomic mass is 9.91. The summed E-state index contributed by atoms with van der Waals surface area (Å²) in [6.45, 7) is 1.37. The van der Waals surface area contributed by atoms with E-state index in [1.54, 1.807) is 0 Å². The summed E-state index contributed by atoms with van der Waals surface area (Å²) in [6.07, 6.45) is 0. The van der Waals surface area contributed by atoms with Gasteiger partial charge in [0.25, 0.3) is 5.91 Å². The molecule has 0 aliphatic carbocycles. The summed E-state index contributed by atoms with van der Waals surface area (Å²) < 4.78 is 0. The summed E-state index contributed by atoms with van der Waals surface area (Å²) in [5, 5.41) is 0. The highest BCUT2D eigenvalue weighted by atomic mass is 16.2. The Hall–Kier alpha value is -3.66. The number of aliphatic imine (C=N–C) groups is 1. The minimum atomic E-state index is -0.226. The third kappa shape index (κ3) is 3.01. The highest BCUT2D eigenvalue weighted by molar-refractivity contribution is 6.23. The Balaban J connectivity index is 1.76. The van der Waals surface area contributed by atoms with Gasteiger partial charge in [0.05, 0.1) is 18.3 Å². The second-order valence-corrected chi connectivity index (χ2v) is 7.60. The molecule has 0 spiro atoms. The highest BCUT2D eigenvalue weighted by Gasteiger charge is 2.45. The van der Waals surface area contributed by atoms with Gasteiger partial charge in [-0.05, 0) is 17.7 Å². The molecule has 1 atom stereocenters. The number of carbonyl (C=O) groups is 1. The molecule has 3 aromatic carbocycles. The monoisotopic (exact) mass is 393 g/mol. The normalized spacial score (nSPS) is 18.9. The lowest BCUT2D eigenvalue weighted by molar-refractivity contribution is -0.116. The van der Waals surface area contributed by atoms with E-state index in [0.29, 0.717) is 13.1 Å². The van der Waals surface area contributed by atoms with Crippen molar-refractivity contribution in [3.05, 3.63) is 113 Å². The maximum Gasteiger partial charge on any atom is 0.275 e. The van der Waals surface area contributed by atoms with Crippen molar-refractivity contribution in [2.75, 3.05) is 25.0 Å². The predicted octanol–water partition coefficient (Wildman–Crippen LogP) is 4.46. The van der Waals surface area contributed by atoms with Crippen LogP contribution in [0.2, 0.25) is 0 Å². The number of anilines is 1. The average Bonchev–Trinajstić information content (AvgIpc) is 2.99. The Morgan fingerprint density at radius 2 is 1.43 bits per heavy atom. The molecule has 0 N–H and O–H groups in total. The van der Waals surface area contributed by atoms with Crippen molar-refractivity contribution in [3.63, 3.8) is 0 Å². The molecule has 0 aromatic heterocycles. The molecule has 0 saturated heterocycles. The van der Waals surface area contributed by atoms with Crippen molar-refractivity contribution in [1.82, 2.24) is 4.90 Å². The molecule has 1 unspecified atom stereocenters. The largest absolute Gasteiger partial charge is 0.368 e. The lowest BCUT2D eigenvalue weighted by Gasteiger charge is -2.28. The van der Waals surface area contributed by atoms with Gasteiger partial charge in [-0.1, -0.05) is 78.9 Å². The first-order valence-corrected chi connectivity index (χ1v) is 10.2. The molecule has 4 nitrogen and oxygen atoms in total. The van der Waals surface area contributed by atoms with Crippen LogP contribution in [0.3, 0.4) is 0 Å². The van der Waals surface area contributed by atoms with E-state index >= 15 is 0 Å². The van der Waals surface area contributed by atoms with E-state index in [9.17, 15) is 4.79 Å². The zero-order valence-corrected chi connectivity index (χ0v) is 16.9. The van der Waals surface area contributed by atoms with Crippen LogP contribution in [0.25, 0.3) is 0 Å². The molecule has 0 bridgehead atoms. The van der Waals surface area contributed by atoms with Gasteiger partial charge in [0.15, 0.2) is 0 Å². The van der Waals surface area contributed by atoms with Gasteiger partial charge < -0.3 is 4.90 Å². The quantitative estimate of drug-likeness (QED) is 0.659. The molecule has 1 amide bonds. The summed E-state index contributed by atoms with van der Waals surface area (Å²) in [7, 11) is 1.99. The molecular formula is C26H23N3O. The van der Waals surface area contributed by atoms with Crippen LogP contribution >= 0.6 is 0 Å². The molecule has 3 aromatic rings. The Labute approximate surface area is 176 Å². The van der Waals surface area contributed by atoms with Crippen LogP contribution in [0.5, 0.6) is 0 Å². The van der Waals surface area contributed by atoms with Gasteiger partial charge in [0, 0.05) is 30.4 Å². The number of carbonyl (C=O) groups excluding carboxylic acids is 1. The van der Waals surface area contributed by atoms with Gasteiger partial charge in [0.2, 0.25) is 0 Å². The van der Waals surface area contributed by atoms with Crippen LogP contribution in [0, 0.1) is 0 Å². The molecule has 2 aliphatic heterocycles. The second kappa shape index (κ2) is 7.64. The zero-order valence-electron chi connectivity index (χ0n) is 16.9. The first-order valence-electron chi connectivity index (χ1n) is 10.2. The number of likely N-dealkylation sites (N-methyl/N-ethyl adjacent to an activating group) is 1. The molecule has 0 saturated carbocycles. The zero-order chi connectivity index (χ0) is 20.5. The van der Waals surface area contributed by atoms with Crippen molar-refractivity contribution >= 4 is 17.3 Å². The Morgan fingerprint density at radius 1 is 0.833 bits per heavy atom. The summed E-state index contributed by atoms with van der Waals surface area (Å²) in [5.74, 6) is 0.0260. The van der Waals surface area contributed by atoms with Crippen molar-refractivity contribution in [1.29, 1.82) is 0 Å². The summed E-state index contributed by atoms with van der Waals surface area (Å²) in [4.78, 5) is 22.8. The first-order chi connectivity index (χ1) is 14.8. The summed E-state index contributed by atoms with van der Waals surface area (Å²) in [5.41, 5.74) is 5.66. The Morgan fingerprint density at radius 3 is 2.10 bits per heavy atom. The molecule has 5 rings (SSSR count). The van der Waals surface area contributed by atoms with Gasteiger partial charge in [0.1, 0.15) is 5.70 Å². The van der Waals surface area contributed by atoms with Crippen LogP contribution in [-0.2, 0) is 4.79 Å². The average molecular weight is 393 g/mol. The van der Waals surface area contributed by atoms with E-state index in [0.717, 1.165) is 33.8 Å². The maximum atomic E-state index is 13.8. The molecule has 4 heteroatoms. The number of amides is 1. The van der Waals surface area contributed by atoms with E-state index in [-0.39, 0.29) is 11.9 Å². The van der Waals surface area contributed by atoms with Crippen LogP contribution in [0.15, 0.2) is 107 Å². The molecule has 0 fully saturated rings. The summed E-state index contributed by atoms with van der Waals surface area (Å²) >= 11 is 0. The predicted molar refractivity (Wildman–Crippen MR) is 121 cm³/mol. The fourth-order valence-electron chi connectivity index (χ4n) is 4.37. The topological polar surface area (TPSA) is 35.9 Å². The van der Waals surface area contributed by atoms with Crippen LogP contribution in [0.1, 0.15) is 17.2 Å². The molecule has 0 radical (unpaired) electrons. The second-order valence-electron chi connectivity index (χ2n) is 7.60. The number of nitrogens with zero attached hydrogens (tertiary/aromatic N) is 3. The Kier molecular flexibility index (Phi) is 4.68. The van der Waals surface area contributed by atoms with Crippen molar-refractivity contribution in [2.45, 2.75) is 6.04 Å². The van der Waals surface area contributed by atoms with E-state index < -0.39 is 0 Å². The first kappa shape index (κ1) is 18.4. The molecule has 2 aliphatic rings. The van der Waals surface area contributed by atoms with Crippen molar-refractivity contribution < 1.29 is 4.79 Å². The van der Waals surface area contributed by atoms with Gasteiger partial charge in [-0.25, -0.2) is 0 Å². The molecular weight excluding hydrogens is 370 g/mol. The van der Waals surface area contributed by atoms with Crippen LogP contribution in [-0.4, -0.2) is 36.7 Å². The Bertz CT molecular complexity index is 1120. The van der Waals surface area contributed by atoms with Gasteiger partial charge in [-0.15, -0.1) is 0 Å². The van der Waals surface area contributed by atoms with Crippen LogP contribution in [0.4, 0.5) is 5.69 Å². The fraction of sp³-hybridized carbons (Fsp3) is 0.154.